The van der Waals surface area contributed by atoms with Crippen LogP contribution < -0.4 is 0 Å². The predicted molar refractivity (Wildman–Crippen MR) is 77.9 cm³/mol. The first-order valence-electron chi connectivity index (χ1n) is 6.35. The van der Waals surface area contributed by atoms with E-state index >= 15 is 0 Å². The van der Waals surface area contributed by atoms with Gasteiger partial charge in [-0.25, -0.2) is 17.2 Å². The Hall–Kier alpha value is -0.570. The van der Waals surface area contributed by atoms with E-state index in [0.29, 0.717) is 11.4 Å². The maximum absolute atomic E-state index is 13.3. The van der Waals surface area contributed by atoms with E-state index in [1.807, 2.05) is 0 Å². The van der Waals surface area contributed by atoms with Gasteiger partial charge < -0.3 is 4.74 Å². The van der Waals surface area contributed by atoms with Crippen molar-refractivity contribution >= 4 is 26.0 Å². The van der Waals surface area contributed by atoms with Crippen LogP contribution in [0.5, 0.6) is 0 Å². The van der Waals surface area contributed by atoms with Crippen molar-refractivity contribution in [1.29, 1.82) is 0 Å². The van der Waals surface area contributed by atoms with Crippen molar-refractivity contribution in [1.82, 2.24) is 4.31 Å². The van der Waals surface area contributed by atoms with Gasteiger partial charge in [-0.3, -0.25) is 0 Å². The van der Waals surface area contributed by atoms with Crippen LogP contribution in [0, 0.1) is 11.6 Å². The third-order valence-electron chi connectivity index (χ3n) is 3.15. The predicted octanol–water partition coefficient (Wildman–Crippen LogP) is 2.53. The lowest BCUT2D eigenvalue weighted by Crippen LogP contribution is -2.54. The molecule has 0 aliphatic carbocycles. The Kier molecular flexibility index (Phi) is 4.72. The molecule has 0 bridgehead atoms. The molecule has 1 fully saturated rings. The van der Waals surface area contributed by atoms with Gasteiger partial charge in [0.2, 0.25) is 10.0 Å². The van der Waals surface area contributed by atoms with Gasteiger partial charge in [0.1, 0.15) is 0 Å². The Bertz CT molecular complexity index is 636. The summed E-state index contributed by atoms with van der Waals surface area (Å²) >= 11 is 3.28. The largest absolute Gasteiger partial charge is 0.369 e. The Balaban J connectivity index is 2.36. The number of hydrogen-bond acceptors (Lipinski definition) is 3. The third-order valence-corrected chi connectivity index (χ3v) is 5.68. The molecular weight excluding hydrogens is 368 g/mol. The molecule has 1 unspecified atom stereocenters. The monoisotopic (exact) mass is 383 g/mol. The second-order valence-corrected chi connectivity index (χ2v) is 8.11. The molecule has 1 aliphatic heterocycles. The van der Waals surface area contributed by atoms with Gasteiger partial charge in [-0.05, 0) is 32.0 Å². The molecule has 0 N–H and O–H groups in total. The van der Waals surface area contributed by atoms with Gasteiger partial charge in [0, 0.05) is 18.4 Å². The van der Waals surface area contributed by atoms with Gasteiger partial charge in [0.05, 0.1) is 16.6 Å². The van der Waals surface area contributed by atoms with Crippen LogP contribution in [0.1, 0.15) is 13.8 Å². The van der Waals surface area contributed by atoms with Crippen LogP contribution >= 0.6 is 15.9 Å². The van der Waals surface area contributed by atoms with Crippen molar-refractivity contribution in [3.63, 3.8) is 0 Å². The fraction of sp³-hybridized carbons (Fsp3) is 0.538. The standard InChI is InChI=1S/C13H16BrF2NO3S/c1-13(2)8-17(7-9(6-14)20-13)21(18,19)10-3-4-11(15)12(16)5-10/h3-5,9H,6-8H2,1-2H3. The Morgan fingerprint density at radius 3 is 2.62 bits per heavy atom. The van der Waals surface area contributed by atoms with E-state index in [1.54, 1.807) is 13.8 Å². The second-order valence-electron chi connectivity index (χ2n) is 5.53. The quantitative estimate of drug-likeness (QED) is 0.753. The molecule has 0 aromatic heterocycles. The fourth-order valence-corrected chi connectivity index (χ4v) is 4.26. The summed E-state index contributed by atoms with van der Waals surface area (Å²) in [6.07, 6.45) is -0.297. The van der Waals surface area contributed by atoms with E-state index < -0.39 is 27.3 Å². The average Bonchev–Trinajstić information content (AvgIpc) is 2.39. The van der Waals surface area contributed by atoms with Crippen LogP contribution in [0.2, 0.25) is 0 Å². The number of halogens is 3. The molecule has 4 nitrogen and oxygen atoms in total. The van der Waals surface area contributed by atoms with Crippen LogP contribution in [0.25, 0.3) is 0 Å². The Morgan fingerprint density at radius 2 is 2.05 bits per heavy atom. The van der Waals surface area contributed by atoms with Crippen LogP contribution in [0.4, 0.5) is 8.78 Å². The molecule has 1 aromatic carbocycles. The first-order valence-corrected chi connectivity index (χ1v) is 8.91. The number of ether oxygens (including phenoxy) is 1. The molecule has 2 rings (SSSR count). The number of sulfonamides is 1. The van der Waals surface area contributed by atoms with Crippen molar-refractivity contribution in [3.05, 3.63) is 29.8 Å². The maximum atomic E-state index is 13.3. The molecule has 0 amide bonds. The lowest BCUT2D eigenvalue weighted by Gasteiger charge is -2.41. The zero-order valence-corrected chi connectivity index (χ0v) is 14.0. The van der Waals surface area contributed by atoms with Gasteiger partial charge in [-0.15, -0.1) is 0 Å². The van der Waals surface area contributed by atoms with E-state index in [4.69, 9.17) is 4.74 Å². The third kappa shape index (κ3) is 3.61. The molecule has 1 atom stereocenters. The van der Waals surface area contributed by atoms with Crippen molar-refractivity contribution in [2.75, 3.05) is 18.4 Å². The van der Waals surface area contributed by atoms with Gasteiger partial charge in [-0.2, -0.15) is 4.31 Å². The lowest BCUT2D eigenvalue weighted by molar-refractivity contribution is -0.106. The smallest absolute Gasteiger partial charge is 0.243 e. The lowest BCUT2D eigenvalue weighted by atomic mass is 10.1. The molecule has 21 heavy (non-hydrogen) atoms. The minimum absolute atomic E-state index is 0.151. The molecule has 0 saturated carbocycles. The molecule has 0 radical (unpaired) electrons. The minimum atomic E-state index is -3.89. The highest BCUT2D eigenvalue weighted by Gasteiger charge is 2.39. The number of rotatable bonds is 3. The summed E-state index contributed by atoms with van der Waals surface area (Å²) < 4.78 is 58.4. The minimum Gasteiger partial charge on any atom is -0.369 e. The normalized spacial score (nSPS) is 23.2. The van der Waals surface area contributed by atoms with Crippen molar-refractivity contribution in [2.45, 2.75) is 30.4 Å². The second kappa shape index (κ2) is 5.91. The Labute approximate surface area is 131 Å². The van der Waals surface area contributed by atoms with Crippen LogP contribution in [-0.2, 0) is 14.8 Å². The number of alkyl halides is 1. The Morgan fingerprint density at radius 1 is 1.38 bits per heavy atom. The molecule has 118 valence electrons. The first kappa shape index (κ1) is 16.8. The van der Waals surface area contributed by atoms with Crippen LogP contribution in [0.15, 0.2) is 23.1 Å². The topological polar surface area (TPSA) is 46.6 Å². The first-order chi connectivity index (χ1) is 9.65. The van der Waals surface area contributed by atoms with E-state index in [2.05, 4.69) is 15.9 Å². The van der Waals surface area contributed by atoms with Crippen molar-refractivity contribution in [2.24, 2.45) is 0 Å². The van der Waals surface area contributed by atoms with Crippen molar-refractivity contribution in [3.8, 4) is 0 Å². The summed E-state index contributed by atoms with van der Waals surface area (Å²) in [5, 5.41) is 0.486. The summed E-state index contributed by atoms with van der Waals surface area (Å²) in [4.78, 5) is -0.257. The molecule has 0 spiro atoms. The van der Waals surface area contributed by atoms with E-state index in [0.717, 1.165) is 12.1 Å². The molecule has 1 heterocycles. The summed E-state index contributed by atoms with van der Waals surface area (Å²) in [6, 6.07) is 2.59. The summed E-state index contributed by atoms with van der Waals surface area (Å²) in [5.41, 5.74) is -0.650. The number of benzene rings is 1. The fourth-order valence-electron chi connectivity index (χ4n) is 2.29. The average molecular weight is 384 g/mol. The molecule has 8 heteroatoms. The highest BCUT2D eigenvalue weighted by Crippen LogP contribution is 2.27. The highest BCUT2D eigenvalue weighted by molar-refractivity contribution is 9.09. The zero-order chi connectivity index (χ0) is 15.8. The van der Waals surface area contributed by atoms with E-state index in [1.165, 1.54) is 4.31 Å². The van der Waals surface area contributed by atoms with Gasteiger partial charge >= 0.3 is 0 Å². The van der Waals surface area contributed by atoms with Gasteiger partial charge in [0.15, 0.2) is 11.6 Å². The van der Waals surface area contributed by atoms with Gasteiger partial charge in [-0.1, -0.05) is 15.9 Å². The molecule has 1 aliphatic rings. The molecular formula is C13H16BrF2NO3S. The summed E-state index contributed by atoms with van der Waals surface area (Å²) in [7, 11) is -3.89. The number of hydrogen-bond donors (Lipinski definition) is 0. The van der Waals surface area contributed by atoms with Crippen LogP contribution in [-0.4, -0.2) is 42.8 Å². The number of morpholine rings is 1. The van der Waals surface area contributed by atoms with E-state index in [-0.39, 0.29) is 24.1 Å². The maximum Gasteiger partial charge on any atom is 0.243 e. The number of nitrogens with zero attached hydrogens (tertiary/aromatic N) is 1. The molecule has 1 saturated heterocycles. The van der Waals surface area contributed by atoms with Crippen molar-refractivity contribution < 1.29 is 21.9 Å². The summed E-state index contributed by atoms with van der Waals surface area (Å²) in [5.74, 6) is -2.25. The van der Waals surface area contributed by atoms with Crippen LogP contribution in [0.3, 0.4) is 0 Å². The zero-order valence-electron chi connectivity index (χ0n) is 11.6. The highest BCUT2D eigenvalue weighted by atomic mass is 79.9. The molecule has 1 aromatic rings. The van der Waals surface area contributed by atoms with Gasteiger partial charge in [0.25, 0.3) is 0 Å². The summed E-state index contributed by atoms with van der Waals surface area (Å²) in [6.45, 7) is 3.89. The van der Waals surface area contributed by atoms with E-state index in [9.17, 15) is 17.2 Å². The SMILES string of the molecule is CC1(C)CN(S(=O)(=O)c2ccc(F)c(F)c2)CC(CBr)O1.